The smallest absolute Gasteiger partial charge is 0.224 e. The van der Waals surface area contributed by atoms with Gasteiger partial charge >= 0.3 is 0 Å². The molecule has 0 bridgehead atoms. The number of anilines is 2. The van der Waals surface area contributed by atoms with Gasteiger partial charge in [0.1, 0.15) is 5.75 Å². The molecule has 110 valence electrons. The molecule has 0 heterocycles. The first-order valence-electron chi connectivity index (χ1n) is 7.04. The van der Waals surface area contributed by atoms with Gasteiger partial charge in [-0.15, -0.1) is 0 Å². The Hall–Kier alpha value is -2.49. The Bertz CT molecular complexity index is 591. The summed E-state index contributed by atoms with van der Waals surface area (Å²) in [5.41, 5.74) is 2.87. The third kappa shape index (κ3) is 4.24. The van der Waals surface area contributed by atoms with E-state index >= 15 is 0 Å². The van der Waals surface area contributed by atoms with E-state index in [0.717, 1.165) is 16.9 Å². The van der Waals surface area contributed by atoms with Gasteiger partial charge in [-0.25, -0.2) is 0 Å². The Kier molecular flexibility index (Phi) is 4.82. The van der Waals surface area contributed by atoms with Crippen LogP contribution in [0, 0.1) is 0 Å². The zero-order valence-corrected chi connectivity index (χ0v) is 12.3. The number of carbonyl (C=O) groups excluding carboxylic acids is 1. The zero-order valence-electron chi connectivity index (χ0n) is 12.3. The quantitative estimate of drug-likeness (QED) is 0.780. The van der Waals surface area contributed by atoms with Crippen molar-refractivity contribution in [2.75, 3.05) is 10.6 Å². The molecule has 0 aliphatic rings. The van der Waals surface area contributed by atoms with Gasteiger partial charge in [-0.3, -0.25) is 4.79 Å². The maximum atomic E-state index is 11.3. The van der Waals surface area contributed by atoms with Crippen LogP contribution in [0.15, 0.2) is 48.5 Å². The van der Waals surface area contributed by atoms with Crippen LogP contribution >= 0.6 is 0 Å². The van der Waals surface area contributed by atoms with Gasteiger partial charge in [0, 0.05) is 23.8 Å². The van der Waals surface area contributed by atoms with Crippen LogP contribution in [0.2, 0.25) is 0 Å². The molecule has 4 nitrogen and oxygen atoms in total. The average Bonchev–Trinajstić information content (AvgIpc) is 2.49. The first kappa shape index (κ1) is 14.9. The highest BCUT2D eigenvalue weighted by Gasteiger charge is 2.05. The Labute approximate surface area is 124 Å². The van der Waals surface area contributed by atoms with E-state index in [1.165, 1.54) is 0 Å². The standard InChI is InChI=1S/C17H20N2O2/c1-3-17(21)19-15-8-6-14(7-9-15)18-12(2)13-4-10-16(20)11-5-13/h4-12,18,20H,3H2,1-2H3,(H,19,21). The van der Waals surface area contributed by atoms with Gasteiger partial charge in [0.15, 0.2) is 0 Å². The number of hydrogen-bond acceptors (Lipinski definition) is 3. The largest absolute Gasteiger partial charge is 0.508 e. The van der Waals surface area contributed by atoms with Gasteiger partial charge in [0.2, 0.25) is 5.91 Å². The molecule has 0 saturated carbocycles. The summed E-state index contributed by atoms with van der Waals surface area (Å²) in [6.45, 7) is 3.88. The van der Waals surface area contributed by atoms with Gasteiger partial charge in [0.05, 0.1) is 0 Å². The predicted octanol–water partition coefficient (Wildman–Crippen LogP) is 3.91. The highest BCUT2D eigenvalue weighted by atomic mass is 16.3. The summed E-state index contributed by atoms with van der Waals surface area (Å²) in [6, 6.07) is 14.9. The van der Waals surface area contributed by atoms with E-state index in [9.17, 15) is 9.90 Å². The maximum Gasteiger partial charge on any atom is 0.224 e. The van der Waals surface area contributed by atoms with Crippen LogP contribution in [-0.2, 0) is 4.79 Å². The van der Waals surface area contributed by atoms with E-state index in [2.05, 4.69) is 17.6 Å². The number of hydrogen-bond donors (Lipinski definition) is 3. The van der Waals surface area contributed by atoms with E-state index < -0.39 is 0 Å². The third-order valence-electron chi connectivity index (χ3n) is 3.27. The number of nitrogens with one attached hydrogen (secondary N) is 2. The van der Waals surface area contributed by atoms with Crippen molar-refractivity contribution in [3.8, 4) is 5.75 Å². The van der Waals surface area contributed by atoms with E-state index in [0.29, 0.717) is 6.42 Å². The lowest BCUT2D eigenvalue weighted by Crippen LogP contribution is -2.10. The molecule has 2 aromatic rings. The molecule has 0 aliphatic carbocycles. The summed E-state index contributed by atoms with van der Waals surface area (Å²) < 4.78 is 0. The third-order valence-corrected chi connectivity index (χ3v) is 3.27. The Morgan fingerprint density at radius 2 is 1.62 bits per heavy atom. The topological polar surface area (TPSA) is 61.4 Å². The van der Waals surface area contributed by atoms with Crippen molar-refractivity contribution in [3.63, 3.8) is 0 Å². The number of benzene rings is 2. The second-order valence-electron chi connectivity index (χ2n) is 4.94. The molecule has 0 radical (unpaired) electrons. The second kappa shape index (κ2) is 6.79. The van der Waals surface area contributed by atoms with E-state index in [4.69, 9.17) is 0 Å². The van der Waals surface area contributed by atoms with Crippen LogP contribution in [0.4, 0.5) is 11.4 Å². The Balaban J connectivity index is 1.99. The van der Waals surface area contributed by atoms with Crippen molar-refractivity contribution >= 4 is 17.3 Å². The maximum absolute atomic E-state index is 11.3. The SMILES string of the molecule is CCC(=O)Nc1ccc(NC(C)c2ccc(O)cc2)cc1. The van der Waals surface area contributed by atoms with Gasteiger partial charge < -0.3 is 15.7 Å². The van der Waals surface area contributed by atoms with E-state index in [1.807, 2.05) is 43.3 Å². The summed E-state index contributed by atoms with van der Waals surface area (Å²) in [7, 11) is 0. The molecule has 1 amide bonds. The van der Waals surface area contributed by atoms with Crippen molar-refractivity contribution in [2.45, 2.75) is 26.3 Å². The highest BCUT2D eigenvalue weighted by Crippen LogP contribution is 2.22. The summed E-state index contributed by atoms with van der Waals surface area (Å²) in [4.78, 5) is 11.3. The lowest BCUT2D eigenvalue weighted by Gasteiger charge is -2.16. The fourth-order valence-corrected chi connectivity index (χ4v) is 2.00. The molecule has 4 heteroatoms. The van der Waals surface area contributed by atoms with Crippen LogP contribution in [-0.4, -0.2) is 11.0 Å². The van der Waals surface area contributed by atoms with Crippen LogP contribution in [0.3, 0.4) is 0 Å². The van der Waals surface area contributed by atoms with E-state index in [-0.39, 0.29) is 17.7 Å². The molecule has 0 aromatic heterocycles. The fraction of sp³-hybridized carbons (Fsp3) is 0.235. The molecule has 1 unspecified atom stereocenters. The van der Waals surface area contributed by atoms with Gasteiger partial charge in [-0.05, 0) is 48.9 Å². The van der Waals surface area contributed by atoms with E-state index in [1.54, 1.807) is 12.1 Å². The van der Waals surface area contributed by atoms with Gasteiger partial charge in [-0.2, -0.15) is 0 Å². The minimum Gasteiger partial charge on any atom is -0.508 e. The zero-order chi connectivity index (χ0) is 15.2. The summed E-state index contributed by atoms with van der Waals surface area (Å²) >= 11 is 0. The molecule has 0 saturated heterocycles. The Morgan fingerprint density at radius 3 is 2.19 bits per heavy atom. The van der Waals surface area contributed by atoms with Gasteiger partial charge in [0.25, 0.3) is 0 Å². The molecular weight excluding hydrogens is 264 g/mol. The Morgan fingerprint density at radius 1 is 1.05 bits per heavy atom. The lowest BCUT2D eigenvalue weighted by atomic mass is 10.1. The normalized spacial score (nSPS) is 11.7. The van der Waals surface area contributed by atoms with Crippen LogP contribution in [0.5, 0.6) is 5.75 Å². The van der Waals surface area contributed by atoms with Crippen molar-refractivity contribution in [1.29, 1.82) is 0 Å². The first-order valence-corrected chi connectivity index (χ1v) is 7.04. The van der Waals surface area contributed by atoms with Crippen LogP contribution < -0.4 is 10.6 Å². The molecule has 1 atom stereocenters. The molecule has 2 rings (SSSR count). The fourth-order valence-electron chi connectivity index (χ4n) is 2.00. The van der Waals surface area contributed by atoms with Gasteiger partial charge in [-0.1, -0.05) is 19.1 Å². The number of rotatable bonds is 5. The van der Waals surface area contributed by atoms with Crippen molar-refractivity contribution in [3.05, 3.63) is 54.1 Å². The predicted molar refractivity (Wildman–Crippen MR) is 85.5 cm³/mol. The molecule has 21 heavy (non-hydrogen) atoms. The molecule has 2 aromatic carbocycles. The number of carbonyl (C=O) groups is 1. The summed E-state index contributed by atoms with van der Waals surface area (Å²) in [6.07, 6.45) is 0.470. The van der Waals surface area contributed by atoms with Crippen molar-refractivity contribution in [2.24, 2.45) is 0 Å². The molecule has 0 aliphatic heterocycles. The number of aromatic hydroxyl groups is 1. The van der Waals surface area contributed by atoms with Crippen molar-refractivity contribution < 1.29 is 9.90 Å². The minimum atomic E-state index is 0.00757. The minimum absolute atomic E-state index is 0.00757. The number of amides is 1. The average molecular weight is 284 g/mol. The molecule has 3 N–H and O–H groups in total. The first-order chi connectivity index (χ1) is 10.1. The lowest BCUT2D eigenvalue weighted by molar-refractivity contribution is -0.115. The van der Waals surface area contributed by atoms with Crippen LogP contribution in [0.1, 0.15) is 31.9 Å². The molecule has 0 fully saturated rings. The summed E-state index contributed by atoms with van der Waals surface area (Å²) in [5, 5.41) is 15.5. The van der Waals surface area contributed by atoms with Crippen molar-refractivity contribution in [1.82, 2.24) is 0 Å². The number of phenolic OH excluding ortho intramolecular Hbond substituents is 1. The number of phenols is 1. The second-order valence-corrected chi connectivity index (χ2v) is 4.94. The molecular formula is C17H20N2O2. The summed E-state index contributed by atoms with van der Waals surface area (Å²) in [5.74, 6) is 0.273. The molecule has 0 spiro atoms. The monoisotopic (exact) mass is 284 g/mol. The highest BCUT2D eigenvalue weighted by molar-refractivity contribution is 5.90. The van der Waals surface area contributed by atoms with Crippen LogP contribution in [0.25, 0.3) is 0 Å².